The molecule has 0 aliphatic carbocycles. The summed E-state index contributed by atoms with van der Waals surface area (Å²) < 4.78 is 11.5. The molecular weight excluding hydrogens is 434 g/mol. The van der Waals surface area contributed by atoms with Crippen molar-refractivity contribution in [2.24, 2.45) is 0 Å². The van der Waals surface area contributed by atoms with E-state index in [1.165, 1.54) is 0 Å². The SMILES string of the molecule is C=CCOc1ccc(C(=O)N(CCc2cccc(OCc3ccccc3)c2)c2ccccc2)cc1. The minimum Gasteiger partial charge on any atom is -0.490 e. The number of ether oxygens (including phenoxy) is 2. The summed E-state index contributed by atoms with van der Waals surface area (Å²) in [5.41, 5.74) is 3.71. The molecule has 0 N–H and O–H groups in total. The molecule has 0 unspecified atom stereocenters. The second-order valence-corrected chi connectivity index (χ2v) is 8.09. The van der Waals surface area contributed by atoms with Gasteiger partial charge in [0.2, 0.25) is 0 Å². The van der Waals surface area contributed by atoms with Gasteiger partial charge in [-0.1, -0.05) is 73.3 Å². The van der Waals surface area contributed by atoms with Gasteiger partial charge in [-0.05, 0) is 66.1 Å². The molecule has 1 amide bonds. The Balaban J connectivity index is 1.45. The number of amides is 1. The molecule has 35 heavy (non-hydrogen) atoms. The zero-order chi connectivity index (χ0) is 24.3. The monoisotopic (exact) mass is 463 g/mol. The van der Waals surface area contributed by atoms with Crippen molar-refractivity contribution in [2.45, 2.75) is 13.0 Å². The molecule has 4 nitrogen and oxygen atoms in total. The first-order valence-electron chi connectivity index (χ1n) is 11.7. The number of para-hydroxylation sites is 1. The molecule has 0 fully saturated rings. The number of anilines is 1. The van der Waals surface area contributed by atoms with Crippen molar-refractivity contribution >= 4 is 11.6 Å². The van der Waals surface area contributed by atoms with E-state index in [9.17, 15) is 4.79 Å². The van der Waals surface area contributed by atoms with Crippen LogP contribution < -0.4 is 14.4 Å². The van der Waals surface area contributed by atoms with E-state index < -0.39 is 0 Å². The van der Waals surface area contributed by atoms with Crippen LogP contribution in [-0.4, -0.2) is 19.1 Å². The third kappa shape index (κ3) is 6.84. The maximum absolute atomic E-state index is 13.5. The molecule has 4 aromatic carbocycles. The molecule has 0 atom stereocenters. The molecule has 0 spiro atoms. The number of rotatable bonds is 11. The number of benzene rings is 4. The number of nitrogens with zero attached hydrogens (tertiary/aromatic N) is 1. The van der Waals surface area contributed by atoms with E-state index in [-0.39, 0.29) is 5.91 Å². The van der Waals surface area contributed by atoms with Crippen LogP contribution in [0.2, 0.25) is 0 Å². The quantitative estimate of drug-likeness (QED) is 0.232. The number of carbonyl (C=O) groups excluding carboxylic acids is 1. The van der Waals surface area contributed by atoms with Gasteiger partial charge in [0.05, 0.1) is 0 Å². The second-order valence-electron chi connectivity index (χ2n) is 8.09. The molecule has 0 aliphatic heterocycles. The normalized spacial score (nSPS) is 10.4. The molecule has 0 saturated heterocycles. The zero-order valence-electron chi connectivity index (χ0n) is 19.7. The molecule has 4 rings (SSSR count). The summed E-state index contributed by atoms with van der Waals surface area (Å²) in [6.07, 6.45) is 2.39. The van der Waals surface area contributed by atoms with E-state index in [4.69, 9.17) is 9.47 Å². The first-order chi connectivity index (χ1) is 17.2. The van der Waals surface area contributed by atoms with Crippen LogP contribution in [0.15, 0.2) is 122 Å². The van der Waals surface area contributed by atoms with Gasteiger partial charge in [0.1, 0.15) is 24.7 Å². The first kappa shape index (κ1) is 23.8. The first-order valence-corrected chi connectivity index (χ1v) is 11.7. The van der Waals surface area contributed by atoms with Crippen molar-refractivity contribution in [3.8, 4) is 11.5 Å². The summed E-state index contributed by atoms with van der Waals surface area (Å²) in [6, 6.07) is 35.1. The van der Waals surface area contributed by atoms with Crippen molar-refractivity contribution in [3.05, 3.63) is 139 Å². The lowest BCUT2D eigenvalue weighted by atomic mass is 10.1. The predicted octanol–water partition coefficient (Wildman–Crippen LogP) is 6.72. The van der Waals surface area contributed by atoms with Gasteiger partial charge in [0.25, 0.3) is 5.91 Å². The van der Waals surface area contributed by atoms with Crippen LogP contribution in [0.5, 0.6) is 11.5 Å². The van der Waals surface area contributed by atoms with Crippen LogP contribution in [0.1, 0.15) is 21.5 Å². The number of hydrogen-bond acceptors (Lipinski definition) is 3. The fourth-order valence-electron chi connectivity index (χ4n) is 3.73. The number of carbonyl (C=O) groups is 1. The van der Waals surface area contributed by atoms with Crippen molar-refractivity contribution in [1.82, 2.24) is 0 Å². The van der Waals surface area contributed by atoms with Crippen molar-refractivity contribution in [3.63, 3.8) is 0 Å². The van der Waals surface area contributed by atoms with E-state index >= 15 is 0 Å². The molecule has 4 aromatic rings. The topological polar surface area (TPSA) is 38.8 Å². The maximum Gasteiger partial charge on any atom is 0.258 e. The minimum atomic E-state index is -0.0528. The van der Waals surface area contributed by atoms with E-state index in [0.29, 0.717) is 37.5 Å². The van der Waals surface area contributed by atoms with Crippen LogP contribution in [0.25, 0.3) is 0 Å². The summed E-state index contributed by atoms with van der Waals surface area (Å²) in [5.74, 6) is 1.47. The van der Waals surface area contributed by atoms with E-state index in [0.717, 1.165) is 22.6 Å². The highest BCUT2D eigenvalue weighted by Crippen LogP contribution is 2.21. The Morgan fingerprint density at radius 1 is 0.743 bits per heavy atom. The lowest BCUT2D eigenvalue weighted by Gasteiger charge is -2.23. The molecule has 0 aliphatic rings. The summed E-state index contributed by atoms with van der Waals surface area (Å²) in [7, 11) is 0. The van der Waals surface area contributed by atoms with Crippen molar-refractivity contribution < 1.29 is 14.3 Å². The van der Waals surface area contributed by atoms with Gasteiger partial charge in [-0.3, -0.25) is 4.79 Å². The standard InChI is InChI=1S/C31H29NO3/c1-2-22-34-29-18-16-27(17-19-29)31(33)32(28-13-7-4-8-14-28)21-20-25-12-9-15-30(23-25)35-24-26-10-5-3-6-11-26/h2-19,23H,1,20-22,24H2. The molecule has 0 aromatic heterocycles. The molecule has 0 heterocycles. The second kappa shape index (κ2) is 12.2. The highest BCUT2D eigenvalue weighted by molar-refractivity contribution is 6.06. The summed E-state index contributed by atoms with van der Waals surface area (Å²) in [6.45, 7) is 5.15. The lowest BCUT2D eigenvalue weighted by Crippen LogP contribution is -2.32. The summed E-state index contributed by atoms with van der Waals surface area (Å²) in [5, 5.41) is 0. The Kier molecular flexibility index (Phi) is 8.33. The predicted molar refractivity (Wildman–Crippen MR) is 141 cm³/mol. The summed E-state index contributed by atoms with van der Waals surface area (Å²) >= 11 is 0. The van der Waals surface area contributed by atoms with Crippen LogP contribution in [0, 0.1) is 0 Å². The smallest absolute Gasteiger partial charge is 0.258 e. The third-order valence-corrected chi connectivity index (χ3v) is 5.55. The van der Waals surface area contributed by atoms with E-state index in [1.807, 2.05) is 95.9 Å². The Hall–Kier alpha value is -4.31. The Labute approximate surface area is 207 Å². The van der Waals surface area contributed by atoms with Crippen LogP contribution >= 0.6 is 0 Å². The molecule has 0 saturated carbocycles. The highest BCUT2D eigenvalue weighted by Gasteiger charge is 2.18. The zero-order valence-corrected chi connectivity index (χ0v) is 19.7. The highest BCUT2D eigenvalue weighted by atomic mass is 16.5. The fourth-order valence-corrected chi connectivity index (χ4v) is 3.73. The van der Waals surface area contributed by atoms with Gasteiger partial charge in [-0.2, -0.15) is 0 Å². The lowest BCUT2D eigenvalue weighted by molar-refractivity contribution is 0.0987. The average molecular weight is 464 g/mol. The maximum atomic E-state index is 13.5. The van der Waals surface area contributed by atoms with Crippen molar-refractivity contribution in [1.29, 1.82) is 0 Å². The Morgan fingerprint density at radius 2 is 1.43 bits per heavy atom. The van der Waals surface area contributed by atoms with Gasteiger partial charge in [-0.25, -0.2) is 0 Å². The van der Waals surface area contributed by atoms with Gasteiger partial charge < -0.3 is 14.4 Å². The van der Waals surface area contributed by atoms with Crippen LogP contribution in [-0.2, 0) is 13.0 Å². The van der Waals surface area contributed by atoms with Crippen LogP contribution in [0.3, 0.4) is 0 Å². The van der Waals surface area contributed by atoms with Crippen molar-refractivity contribution in [2.75, 3.05) is 18.1 Å². The molecule has 0 bridgehead atoms. The van der Waals surface area contributed by atoms with E-state index in [1.54, 1.807) is 18.2 Å². The van der Waals surface area contributed by atoms with Gasteiger partial charge in [-0.15, -0.1) is 0 Å². The third-order valence-electron chi connectivity index (χ3n) is 5.55. The minimum absolute atomic E-state index is 0.0528. The Morgan fingerprint density at radius 3 is 2.14 bits per heavy atom. The molecule has 176 valence electrons. The largest absolute Gasteiger partial charge is 0.490 e. The van der Waals surface area contributed by atoms with E-state index in [2.05, 4.69) is 12.6 Å². The van der Waals surface area contributed by atoms with Gasteiger partial charge in [0.15, 0.2) is 0 Å². The van der Waals surface area contributed by atoms with Crippen LogP contribution in [0.4, 0.5) is 5.69 Å². The summed E-state index contributed by atoms with van der Waals surface area (Å²) in [4.78, 5) is 15.3. The Bertz CT molecular complexity index is 1220. The number of hydrogen-bond donors (Lipinski definition) is 0. The fraction of sp³-hybridized carbons (Fsp3) is 0.129. The molecular formula is C31H29NO3. The molecule has 4 heteroatoms. The molecule has 0 radical (unpaired) electrons. The van der Waals surface area contributed by atoms with Gasteiger partial charge >= 0.3 is 0 Å². The average Bonchev–Trinajstić information content (AvgIpc) is 2.92. The van der Waals surface area contributed by atoms with Gasteiger partial charge in [0, 0.05) is 17.8 Å².